The number of hydrogen-bond acceptors (Lipinski definition) is 1. The number of anilines is 3. The van der Waals surface area contributed by atoms with Crippen LogP contribution in [0.5, 0.6) is 0 Å². The molecule has 4 fully saturated rings. The Hall–Kier alpha value is -7.62. The van der Waals surface area contributed by atoms with Gasteiger partial charge in [-0.3, -0.25) is 0 Å². The normalized spacial score (nSPS) is 21.2. The molecule has 3 heteroatoms. The standard InChI is InChI=1S/C64H49N3/c1-3-13-47(14-4-1)66-60-21-11-8-18-53(60)56-38-44(25-31-62(56)66)43-23-26-49(27-24-43)65(51-29-32-63-57(40-51)54-19-9-12-22-61(54)67(63)48-15-5-2-6-16-48)50-28-30-59-55(39-50)52-17-7-10-20-58(52)64(59)45-34-41-33-42(36-45)37-46(64)35-41/h1-32,38-42,45-46H,33-37H2. The van der Waals surface area contributed by atoms with Gasteiger partial charge in [-0.2, -0.15) is 0 Å². The topological polar surface area (TPSA) is 13.1 Å². The van der Waals surface area contributed by atoms with Crippen molar-refractivity contribution in [3.63, 3.8) is 0 Å². The molecule has 0 N–H and O–H groups in total. The average Bonchev–Trinajstić information content (AvgIpc) is 4.00. The second-order valence-electron chi connectivity index (χ2n) is 20.1. The molecular formula is C64H49N3. The summed E-state index contributed by atoms with van der Waals surface area (Å²) in [4.78, 5) is 2.51. The first-order valence-corrected chi connectivity index (χ1v) is 24.5. The molecule has 1 spiro atoms. The zero-order chi connectivity index (χ0) is 43.8. The molecule has 4 bridgehead atoms. The molecule has 2 heterocycles. The Balaban J connectivity index is 0.897. The largest absolute Gasteiger partial charge is 0.310 e. The second-order valence-corrected chi connectivity index (χ2v) is 20.1. The van der Waals surface area contributed by atoms with Gasteiger partial charge in [-0.05, 0) is 180 Å². The highest BCUT2D eigenvalue weighted by Crippen LogP contribution is 2.69. The summed E-state index contributed by atoms with van der Waals surface area (Å²) in [6.45, 7) is 0. The van der Waals surface area contributed by atoms with Crippen LogP contribution in [-0.2, 0) is 5.41 Å². The van der Waals surface area contributed by atoms with Gasteiger partial charge in [-0.1, -0.05) is 121 Å². The number of benzene rings is 9. The summed E-state index contributed by atoms with van der Waals surface area (Å²) in [6.07, 6.45) is 7.02. The van der Waals surface area contributed by atoms with Gasteiger partial charge in [0.25, 0.3) is 0 Å². The molecule has 4 saturated carbocycles. The van der Waals surface area contributed by atoms with E-state index in [1.807, 2.05) is 0 Å². The summed E-state index contributed by atoms with van der Waals surface area (Å²) < 4.78 is 4.81. The third-order valence-electron chi connectivity index (χ3n) is 16.9. The molecule has 0 unspecified atom stereocenters. The number of para-hydroxylation sites is 4. The number of aromatic nitrogens is 2. The SMILES string of the molecule is c1ccc(-n2c3ccccc3c3cc(-c4ccc(N(c5ccc6c(c5)-c5ccccc5C65C6CC7CC(C6)CC5C7)c5ccc6c(c5)c5ccccc5n6-c5ccccc5)cc4)ccc32)cc1. The van der Waals surface area contributed by atoms with Gasteiger partial charge in [0.05, 0.1) is 22.1 Å². The minimum absolute atomic E-state index is 0.136. The van der Waals surface area contributed by atoms with Crippen LogP contribution in [0.15, 0.2) is 212 Å². The Kier molecular flexibility index (Phi) is 7.96. The fraction of sp³-hybridized carbons (Fsp3) is 0.156. The van der Waals surface area contributed by atoms with Gasteiger partial charge in [0.1, 0.15) is 0 Å². The van der Waals surface area contributed by atoms with Crippen molar-refractivity contribution in [1.82, 2.24) is 9.13 Å². The zero-order valence-corrected chi connectivity index (χ0v) is 37.4. The first-order chi connectivity index (χ1) is 33.2. The lowest BCUT2D eigenvalue weighted by Gasteiger charge is -2.61. The van der Waals surface area contributed by atoms with Crippen LogP contribution in [0.1, 0.15) is 43.2 Å². The van der Waals surface area contributed by atoms with E-state index in [0.717, 1.165) is 35.0 Å². The van der Waals surface area contributed by atoms with Crippen molar-refractivity contribution in [3.8, 4) is 33.6 Å². The van der Waals surface area contributed by atoms with Crippen molar-refractivity contribution in [1.29, 1.82) is 0 Å². The molecule has 0 atom stereocenters. The monoisotopic (exact) mass is 859 g/mol. The quantitative estimate of drug-likeness (QED) is 0.162. The zero-order valence-electron chi connectivity index (χ0n) is 37.4. The van der Waals surface area contributed by atoms with Crippen molar-refractivity contribution in [2.45, 2.75) is 37.5 Å². The molecule has 16 rings (SSSR count). The number of nitrogens with zero attached hydrogens (tertiary/aromatic N) is 3. The summed E-state index contributed by atoms with van der Waals surface area (Å²) in [5.41, 5.74) is 19.4. The summed E-state index contributed by atoms with van der Waals surface area (Å²) in [5.74, 6) is 3.31. The predicted octanol–water partition coefficient (Wildman–Crippen LogP) is 16.7. The van der Waals surface area contributed by atoms with Crippen LogP contribution in [0.3, 0.4) is 0 Å². The molecule has 2 aromatic heterocycles. The van der Waals surface area contributed by atoms with E-state index in [4.69, 9.17) is 0 Å². The maximum atomic E-state index is 2.56. The maximum absolute atomic E-state index is 2.56. The van der Waals surface area contributed by atoms with Crippen LogP contribution >= 0.6 is 0 Å². The summed E-state index contributed by atoms with van der Waals surface area (Å²) in [7, 11) is 0. The summed E-state index contributed by atoms with van der Waals surface area (Å²) in [6, 6.07) is 79.7. The highest BCUT2D eigenvalue weighted by atomic mass is 15.1. The lowest BCUT2D eigenvalue weighted by atomic mass is 9.43. The summed E-state index contributed by atoms with van der Waals surface area (Å²) in [5, 5.41) is 5.04. The minimum Gasteiger partial charge on any atom is -0.310 e. The molecule has 0 radical (unpaired) electrons. The van der Waals surface area contributed by atoms with Gasteiger partial charge in [0.2, 0.25) is 0 Å². The predicted molar refractivity (Wildman–Crippen MR) is 278 cm³/mol. The van der Waals surface area contributed by atoms with E-state index < -0.39 is 0 Å². The Bertz CT molecular complexity index is 3730. The van der Waals surface area contributed by atoms with Gasteiger partial charge in [-0.25, -0.2) is 0 Å². The highest BCUT2D eigenvalue weighted by Gasteiger charge is 2.61. The molecule has 5 aliphatic rings. The van der Waals surface area contributed by atoms with Crippen LogP contribution in [0.25, 0.3) is 77.2 Å². The Labute approximate surface area is 391 Å². The fourth-order valence-electron chi connectivity index (χ4n) is 14.5. The van der Waals surface area contributed by atoms with Crippen LogP contribution < -0.4 is 4.90 Å². The lowest BCUT2D eigenvalue weighted by Crippen LogP contribution is -2.55. The van der Waals surface area contributed by atoms with Crippen molar-refractivity contribution < 1.29 is 0 Å². The van der Waals surface area contributed by atoms with Gasteiger partial charge in [0, 0.05) is 55.4 Å². The van der Waals surface area contributed by atoms with Gasteiger partial charge in [0.15, 0.2) is 0 Å². The van der Waals surface area contributed by atoms with Crippen molar-refractivity contribution in [2.24, 2.45) is 23.7 Å². The smallest absolute Gasteiger partial charge is 0.0542 e. The van der Waals surface area contributed by atoms with E-state index in [9.17, 15) is 0 Å². The van der Waals surface area contributed by atoms with E-state index in [2.05, 4.69) is 226 Å². The van der Waals surface area contributed by atoms with E-state index in [1.54, 1.807) is 11.1 Å². The molecular weight excluding hydrogens is 811 g/mol. The third kappa shape index (κ3) is 5.34. The molecule has 0 saturated heterocycles. The van der Waals surface area contributed by atoms with E-state index in [0.29, 0.717) is 0 Å². The lowest BCUT2D eigenvalue weighted by molar-refractivity contribution is -0.0399. The first kappa shape index (κ1) is 37.6. The molecule has 9 aromatic carbocycles. The Morgan fingerprint density at radius 2 is 0.821 bits per heavy atom. The first-order valence-electron chi connectivity index (χ1n) is 24.5. The number of hydrogen-bond donors (Lipinski definition) is 0. The van der Waals surface area contributed by atoms with E-state index in [-0.39, 0.29) is 5.41 Å². The minimum atomic E-state index is 0.136. The van der Waals surface area contributed by atoms with E-state index >= 15 is 0 Å². The van der Waals surface area contributed by atoms with Crippen molar-refractivity contribution >= 4 is 60.7 Å². The fourth-order valence-corrected chi connectivity index (χ4v) is 14.5. The maximum Gasteiger partial charge on any atom is 0.0542 e. The van der Waals surface area contributed by atoms with E-state index in [1.165, 1.54) is 115 Å². The van der Waals surface area contributed by atoms with Crippen LogP contribution in [0, 0.1) is 23.7 Å². The summed E-state index contributed by atoms with van der Waals surface area (Å²) >= 11 is 0. The Morgan fingerprint density at radius 1 is 0.343 bits per heavy atom. The van der Waals surface area contributed by atoms with Crippen molar-refractivity contribution in [2.75, 3.05) is 4.90 Å². The molecule has 320 valence electrons. The highest BCUT2D eigenvalue weighted by molar-refractivity contribution is 6.12. The molecule has 67 heavy (non-hydrogen) atoms. The number of rotatable bonds is 6. The van der Waals surface area contributed by atoms with Gasteiger partial charge < -0.3 is 14.0 Å². The average molecular weight is 860 g/mol. The van der Waals surface area contributed by atoms with Gasteiger partial charge >= 0.3 is 0 Å². The van der Waals surface area contributed by atoms with Gasteiger partial charge in [-0.15, -0.1) is 0 Å². The van der Waals surface area contributed by atoms with Crippen LogP contribution in [-0.4, -0.2) is 9.13 Å². The number of fused-ring (bicyclic) bond motifs is 9. The molecule has 0 aliphatic heterocycles. The van der Waals surface area contributed by atoms with Crippen LogP contribution in [0.2, 0.25) is 0 Å². The Morgan fingerprint density at radius 3 is 1.48 bits per heavy atom. The second kappa shape index (κ2) is 14.2. The molecule has 11 aromatic rings. The third-order valence-corrected chi connectivity index (χ3v) is 16.9. The molecule has 5 aliphatic carbocycles. The molecule has 0 amide bonds. The van der Waals surface area contributed by atoms with Crippen LogP contribution in [0.4, 0.5) is 17.1 Å². The van der Waals surface area contributed by atoms with Crippen molar-refractivity contribution in [3.05, 3.63) is 223 Å². The molecule has 3 nitrogen and oxygen atoms in total.